The maximum atomic E-state index is 13.7. The predicted octanol–water partition coefficient (Wildman–Crippen LogP) is 8.35. The summed E-state index contributed by atoms with van der Waals surface area (Å²) < 4.78 is 16.1. The average Bonchev–Trinajstić information content (AvgIpc) is 3.70. The number of rotatable bonds is 10. The third kappa shape index (κ3) is 7.17. The van der Waals surface area contributed by atoms with Crippen LogP contribution in [0, 0.1) is 74.9 Å². The summed E-state index contributed by atoms with van der Waals surface area (Å²) in [6.07, 6.45) is 21.9. The lowest BCUT2D eigenvalue weighted by Gasteiger charge is -2.56. The normalized spacial score (nSPS) is 41.8. The van der Waals surface area contributed by atoms with Gasteiger partial charge in [0.15, 0.2) is 23.1 Å². The van der Waals surface area contributed by atoms with Crippen LogP contribution in [0.25, 0.3) is 0 Å². The SMILES string of the molecule is CC.CC1CC2C3CCC4=CC(=O)C=CC4(C)C3CCC2(C)C1C(=O)COC(=O)COCC(=O)OCC(=O)C1CCC2C3CCC4=CC(=O)C=CC4(C)C3CCC12C. The Bertz CT molecular complexity index is 1830. The molecule has 0 saturated heterocycles. The highest BCUT2D eigenvalue weighted by molar-refractivity contribution is 6.01. The van der Waals surface area contributed by atoms with Crippen molar-refractivity contribution >= 4 is 35.1 Å². The van der Waals surface area contributed by atoms with Crippen molar-refractivity contribution in [2.45, 2.75) is 119 Å². The van der Waals surface area contributed by atoms with Crippen LogP contribution < -0.4 is 0 Å². The van der Waals surface area contributed by atoms with Gasteiger partial charge in [0.1, 0.15) is 26.4 Å². The van der Waals surface area contributed by atoms with E-state index in [-0.39, 0.29) is 75.8 Å². The van der Waals surface area contributed by atoms with E-state index in [1.54, 1.807) is 12.2 Å². The van der Waals surface area contributed by atoms with Crippen molar-refractivity contribution in [2.24, 2.45) is 74.9 Å². The zero-order valence-corrected chi connectivity index (χ0v) is 35.9. The van der Waals surface area contributed by atoms with Crippen molar-refractivity contribution in [1.82, 2.24) is 0 Å². The second-order valence-electron chi connectivity index (χ2n) is 19.9. The summed E-state index contributed by atoms with van der Waals surface area (Å²) in [5, 5.41) is 0. The standard InChI is InChI=1S/C47H60O9.C2H6/c1-27-20-38-33-9-7-29-22-31(49)13-17-45(29,3)36(33)15-19-47(38,5)43(27)40(51)24-56-42(53)26-54-25-41(52)55-23-39(50)37-11-10-34-32-8-6-28-21-30(48)12-16-44(28,2)35(32)14-18-46(34,37)4;1-2/h12-13,16-17,21-22,27,32-38,43H,6-11,14-15,18-20,23-26H2,1-5H3;1-2H3. The summed E-state index contributed by atoms with van der Waals surface area (Å²) >= 11 is 0. The maximum Gasteiger partial charge on any atom is 0.332 e. The number of hydrogen-bond acceptors (Lipinski definition) is 9. The van der Waals surface area contributed by atoms with Crippen molar-refractivity contribution in [2.75, 3.05) is 26.4 Å². The molecular weight excluding hydrogens is 733 g/mol. The van der Waals surface area contributed by atoms with Crippen molar-refractivity contribution < 1.29 is 43.0 Å². The van der Waals surface area contributed by atoms with E-state index in [0.717, 1.165) is 70.6 Å². The third-order valence-electron chi connectivity index (χ3n) is 17.4. The first-order valence-corrected chi connectivity index (χ1v) is 22.4. The summed E-state index contributed by atoms with van der Waals surface area (Å²) in [5.41, 5.74) is 1.99. The maximum absolute atomic E-state index is 13.7. The van der Waals surface area contributed by atoms with Gasteiger partial charge in [0.25, 0.3) is 0 Å². The van der Waals surface area contributed by atoms with Gasteiger partial charge in [-0.25, -0.2) is 9.59 Å². The van der Waals surface area contributed by atoms with Gasteiger partial charge in [0.2, 0.25) is 0 Å². The predicted molar refractivity (Wildman–Crippen MR) is 219 cm³/mol. The number of fused-ring (bicyclic) bond motifs is 10. The Morgan fingerprint density at radius 3 is 1.67 bits per heavy atom. The van der Waals surface area contributed by atoms with Crippen LogP contribution in [-0.4, -0.2) is 61.5 Å². The van der Waals surface area contributed by atoms with E-state index in [1.165, 1.54) is 11.1 Å². The first kappa shape index (κ1) is 42.7. The lowest BCUT2D eigenvalue weighted by Crippen LogP contribution is -2.50. The van der Waals surface area contributed by atoms with Crippen LogP contribution in [0.2, 0.25) is 0 Å². The molecule has 0 N–H and O–H groups in total. The molecule has 8 aliphatic rings. The minimum absolute atomic E-state index is 0.0577. The van der Waals surface area contributed by atoms with Gasteiger partial charge in [-0.1, -0.05) is 71.8 Å². The molecule has 0 bridgehead atoms. The van der Waals surface area contributed by atoms with Gasteiger partial charge in [-0.2, -0.15) is 0 Å². The third-order valence-corrected chi connectivity index (χ3v) is 17.4. The fourth-order valence-electron chi connectivity index (χ4n) is 14.8. The summed E-state index contributed by atoms with van der Waals surface area (Å²) in [6, 6.07) is 0. The fourth-order valence-corrected chi connectivity index (χ4v) is 14.8. The minimum atomic E-state index is -0.716. The van der Waals surface area contributed by atoms with Crippen molar-refractivity contribution in [3.8, 4) is 0 Å². The molecule has 0 aliphatic heterocycles. The Morgan fingerprint density at radius 1 is 0.621 bits per heavy atom. The van der Waals surface area contributed by atoms with E-state index in [9.17, 15) is 28.8 Å². The first-order valence-electron chi connectivity index (χ1n) is 22.4. The zero-order chi connectivity index (χ0) is 41.8. The number of carbonyl (C=O) groups is 6. The highest BCUT2D eigenvalue weighted by Gasteiger charge is 2.62. The molecule has 6 saturated carbocycles. The molecule has 9 nitrogen and oxygen atoms in total. The Labute approximate surface area is 345 Å². The van der Waals surface area contributed by atoms with E-state index in [2.05, 4.69) is 46.8 Å². The number of allylic oxidation sites excluding steroid dienone is 8. The summed E-state index contributed by atoms with van der Waals surface area (Å²) in [6.45, 7) is 13.6. The first-order chi connectivity index (χ1) is 27.6. The van der Waals surface area contributed by atoms with Crippen LogP contribution in [0.5, 0.6) is 0 Å². The molecule has 0 amide bonds. The fraction of sp³-hybridized carbons (Fsp3) is 0.714. The van der Waals surface area contributed by atoms with Gasteiger partial charge in [0.05, 0.1) is 0 Å². The van der Waals surface area contributed by atoms with Crippen LogP contribution >= 0.6 is 0 Å². The van der Waals surface area contributed by atoms with Gasteiger partial charge in [-0.05, 0) is 147 Å². The van der Waals surface area contributed by atoms with Crippen LogP contribution in [0.1, 0.15) is 119 Å². The lowest BCUT2D eigenvalue weighted by atomic mass is 9.47. The van der Waals surface area contributed by atoms with E-state index in [1.807, 2.05) is 26.0 Å². The molecular formula is C49H66O9. The Morgan fingerprint density at radius 2 is 1.12 bits per heavy atom. The van der Waals surface area contributed by atoms with Gasteiger partial charge >= 0.3 is 11.9 Å². The molecule has 13 atom stereocenters. The molecule has 6 fully saturated rings. The number of hydrogen-bond donors (Lipinski definition) is 0. The molecule has 0 radical (unpaired) electrons. The Kier molecular flexibility index (Phi) is 11.9. The van der Waals surface area contributed by atoms with Crippen LogP contribution in [0.15, 0.2) is 47.6 Å². The summed E-state index contributed by atoms with van der Waals surface area (Å²) in [5.74, 6) is 1.12. The molecule has 0 aromatic carbocycles. The topological polar surface area (TPSA) is 130 Å². The number of ketones is 4. The molecule has 8 rings (SSSR count). The second kappa shape index (κ2) is 16.2. The smallest absolute Gasteiger partial charge is 0.332 e. The minimum Gasteiger partial charge on any atom is -0.456 e. The zero-order valence-electron chi connectivity index (χ0n) is 35.9. The second-order valence-corrected chi connectivity index (χ2v) is 19.9. The Balaban J connectivity index is 0.00000252. The highest BCUT2D eigenvalue weighted by Crippen LogP contribution is 2.68. The van der Waals surface area contributed by atoms with E-state index >= 15 is 0 Å². The number of ether oxygens (including phenoxy) is 3. The molecule has 13 unspecified atom stereocenters. The largest absolute Gasteiger partial charge is 0.456 e. The van der Waals surface area contributed by atoms with Gasteiger partial charge in [-0.3, -0.25) is 19.2 Å². The van der Waals surface area contributed by atoms with Crippen molar-refractivity contribution in [3.63, 3.8) is 0 Å². The quantitative estimate of drug-likeness (QED) is 0.200. The number of carbonyl (C=O) groups excluding carboxylic acids is 6. The van der Waals surface area contributed by atoms with Gasteiger partial charge in [0, 0.05) is 22.7 Å². The average molecular weight is 799 g/mol. The monoisotopic (exact) mass is 798 g/mol. The molecule has 58 heavy (non-hydrogen) atoms. The molecule has 0 heterocycles. The summed E-state index contributed by atoms with van der Waals surface area (Å²) in [4.78, 5) is 76.7. The molecule has 316 valence electrons. The Hall–Kier alpha value is -3.46. The molecule has 8 aliphatic carbocycles. The van der Waals surface area contributed by atoms with Gasteiger partial charge in [-0.15, -0.1) is 0 Å². The van der Waals surface area contributed by atoms with Crippen molar-refractivity contribution in [3.05, 3.63) is 47.6 Å². The summed E-state index contributed by atoms with van der Waals surface area (Å²) in [7, 11) is 0. The number of esters is 2. The number of Topliss-reactive ketones (excluding diaryl/α,β-unsaturated/α-hetero) is 2. The van der Waals surface area contributed by atoms with Crippen LogP contribution in [0.3, 0.4) is 0 Å². The molecule has 9 heteroatoms. The van der Waals surface area contributed by atoms with E-state index < -0.39 is 25.2 Å². The van der Waals surface area contributed by atoms with E-state index in [4.69, 9.17) is 14.2 Å². The van der Waals surface area contributed by atoms with Crippen molar-refractivity contribution in [1.29, 1.82) is 0 Å². The van der Waals surface area contributed by atoms with Gasteiger partial charge < -0.3 is 14.2 Å². The molecule has 0 aromatic heterocycles. The molecule has 0 aromatic rings. The van der Waals surface area contributed by atoms with E-state index in [0.29, 0.717) is 35.5 Å². The van der Waals surface area contributed by atoms with Crippen LogP contribution in [0.4, 0.5) is 0 Å². The lowest BCUT2D eigenvalue weighted by molar-refractivity contribution is -0.160. The van der Waals surface area contributed by atoms with Crippen LogP contribution in [-0.2, 0) is 43.0 Å². The molecule has 0 spiro atoms. The highest BCUT2D eigenvalue weighted by atomic mass is 16.6.